The Morgan fingerprint density at radius 1 is 1.36 bits per heavy atom. The Bertz CT molecular complexity index is 196. The topological polar surface area (TPSA) is 38.4 Å². The Kier molecular flexibility index (Phi) is 4.43. The van der Waals surface area contributed by atoms with Crippen LogP contribution >= 0.6 is 0 Å². The minimum Gasteiger partial charge on any atom is -0.387 e. The molecule has 0 aromatic heterocycles. The second-order valence-electron chi connectivity index (χ2n) is 4.73. The lowest BCUT2D eigenvalue weighted by Gasteiger charge is -2.28. The van der Waals surface area contributed by atoms with Gasteiger partial charge >= 0.3 is 0 Å². The molecule has 0 saturated heterocycles. The number of nitrogens with zero attached hydrogens (tertiary/aromatic N) is 1. The van der Waals surface area contributed by atoms with E-state index in [1.54, 1.807) is 0 Å². The lowest BCUT2D eigenvalue weighted by Crippen LogP contribution is -2.28. The molecule has 1 aliphatic carbocycles. The fraction of sp³-hybridized carbons (Fsp3) is 0.917. The molecule has 0 aliphatic heterocycles. The molecule has 14 heavy (non-hydrogen) atoms. The number of hydrogen-bond acceptors (Lipinski definition) is 1. The van der Waals surface area contributed by atoms with Crippen LogP contribution in [-0.2, 0) is 0 Å². The largest absolute Gasteiger partial charge is 0.387 e. The van der Waals surface area contributed by atoms with Crippen LogP contribution in [0.3, 0.4) is 0 Å². The maximum Gasteiger partial charge on any atom is 0.0966 e. The molecule has 0 aromatic carbocycles. The zero-order valence-electron chi connectivity index (χ0n) is 9.79. The lowest BCUT2D eigenvalue weighted by atomic mass is 9.83. The summed E-state index contributed by atoms with van der Waals surface area (Å²) in [6.45, 7) is 6.50. The predicted octanol–water partition coefficient (Wildman–Crippen LogP) is 2.97. The van der Waals surface area contributed by atoms with E-state index in [-0.39, 0.29) is 0 Å². The van der Waals surface area contributed by atoms with Crippen LogP contribution in [0, 0.1) is 11.8 Å². The zero-order chi connectivity index (χ0) is 10.6. The molecule has 2 atom stereocenters. The lowest BCUT2D eigenvalue weighted by molar-refractivity contribution is 0.301. The molecule has 0 heterocycles. The summed E-state index contributed by atoms with van der Waals surface area (Å²) in [7, 11) is 0. The van der Waals surface area contributed by atoms with Gasteiger partial charge in [-0.2, -0.15) is 0 Å². The molecular formula is C12H24N2. The van der Waals surface area contributed by atoms with Crippen molar-refractivity contribution in [3.63, 3.8) is 0 Å². The van der Waals surface area contributed by atoms with Gasteiger partial charge in [0.2, 0.25) is 0 Å². The van der Waals surface area contributed by atoms with Crippen LogP contribution < -0.4 is 5.73 Å². The van der Waals surface area contributed by atoms with Gasteiger partial charge in [0.05, 0.1) is 11.9 Å². The van der Waals surface area contributed by atoms with E-state index in [1.165, 1.54) is 32.1 Å². The summed E-state index contributed by atoms with van der Waals surface area (Å²) >= 11 is 0. The van der Waals surface area contributed by atoms with Crippen LogP contribution in [0.2, 0.25) is 0 Å². The van der Waals surface area contributed by atoms with Gasteiger partial charge < -0.3 is 5.73 Å². The molecule has 0 radical (unpaired) electrons. The predicted molar refractivity (Wildman–Crippen MR) is 62.5 cm³/mol. The third-order valence-corrected chi connectivity index (χ3v) is 3.30. The molecular weight excluding hydrogens is 172 g/mol. The highest BCUT2D eigenvalue weighted by molar-refractivity contribution is 5.82. The number of nitrogens with two attached hydrogens (primary N) is 1. The first-order valence-electron chi connectivity index (χ1n) is 5.98. The zero-order valence-corrected chi connectivity index (χ0v) is 9.79. The van der Waals surface area contributed by atoms with Crippen LogP contribution in [0.4, 0.5) is 0 Å². The molecule has 1 aliphatic rings. The van der Waals surface area contributed by atoms with Crippen molar-refractivity contribution in [2.75, 3.05) is 0 Å². The van der Waals surface area contributed by atoms with Crippen molar-refractivity contribution in [2.24, 2.45) is 22.6 Å². The monoisotopic (exact) mass is 196 g/mol. The normalized spacial score (nSPS) is 29.6. The Labute approximate surface area is 88.0 Å². The summed E-state index contributed by atoms with van der Waals surface area (Å²) in [6, 6.07) is 0.510. The first kappa shape index (κ1) is 11.5. The van der Waals surface area contributed by atoms with Gasteiger partial charge in [0.15, 0.2) is 0 Å². The van der Waals surface area contributed by atoms with Gasteiger partial charge in [0.25, 0.3) is 0 Å². The first-order valence-corrected chi connectivity index (χ1v) is 5.98. The van der Waals surface area contributed by atoms with Crippen molar-refractivity contribution >= 4 is 5.84 Å². The summed E-state index contributed by atoms with van der Waals surface area (Å²) in [5.41, 5.74) is 5.91. The highest BCUT2D eigenvalue weighted by Crippen LogP contribution is 2.29. The molecule has 1 rings (SSSR count). The van der Waals surface area contributed by atoms with E-state index in [1.807, 2.05) is 0 Å². The van der Waals surface area contributed by atoms with Crippen LogP contribution in [0.15, 0.2) is 4.99 Å². The SMILES string of the molecule is CCC1CCCCC1N=C(N)C(C)C. The molecule has 1 saturated carbocycles. The molecule has 2 unspecified atom stereocenters. The van der Waals surface area contributed by atoms with Gasteiger partial charge in [-0.15, -0.1) is 0 Å². The smallest absolute Gasteiger partial charge is 0.0966 e. The van der Waals surface area contributed by atoms with Gasteiger partial charge in [-0.3, -0.25) is 4.99 Å². The van der Waals surface area contributed by atoms with Crippen molar-refractivity contribution in [1.82, 2.24) is 0 Å². The highest BCUT2D eigenvalue weighted by atomic mass is 14.9. The van der Waals surface area contributed by atoms with Crippen molar-refractivity contribution in [3.05, 3.63) is 0 Å². The number of aliphatic imine (C=N–C) groups is 1. The van der Waals surface area contributed by atoms with Crippen LogP contribution in [-0.4, -0.2) is 11.9 Å². The van der Waals surface area contributed by atoms with Crippen molar-refractivity contribution in [2.45, 2.75) is 58.9 Å². The molecule has 2 N–H and O–H groups in total. The summed E-state index contributed by atoms with van der Waals surface area (Å²) in [4.78, 5) is 4.68. The van der Waals surface area contributed by atoms with E-state index in [9.17, 15) is 0 Å². The Morgan fingerprint density at radius 2 is 2.00 bits per heavy atom. The van der Waals surface area contributed by atoms with Crippen molar-refractivity contribution in [1.29, 1.82) is 0 Å². The van der Waals surface area contributed by atoms with Crippen LogP contribution in [0.25, 0.3) is 0 Å². The fourth-order valence-electron chi connectivity index (χ4n) is 2.17. The summed E-state index contributed by atoms with van der Waals surface area (Å²) in [6.07, 6.45) is 6.55. The van der Waals surface area contributed by atoms with E-state index in [2.05, 4.69) is 25.8 Å². The molecule has 2 heteroatoms. The molecule has 2 nitrogen and oxygen atoms in total. The second kappa shape index (κ2) is 5.38. The van der Waals surface area contributed by atoms with Gasteiger partial charge in [0.1, 0.15) is 0 Å². The van der Waals surface area contributed by atoms with Crippen LogP contribution in [0.1, 0.15) is 52.9 Å². The summed E-state index contributed by atoms with van der Waals surface area (Å²) in [5, 5.41) is 0. The molecule has 1 fully saturated rings. The van der Waals surface area contributed by atoms with E-state index in [4.69, 9.17) is 5.73 Å². The van der Waals surface area contributed by atoms with Gasteiger partial charge in [-0.25, -0.2) is 0 Å². The Hall–Kier alpha value is -0.530. The molecule has 82 valence electrons. The molecule has 0 bridgehead atoms. The fourth-order valence-corrected chi connectivity index (χ4v) is 2.17. The minimum absolute atomic E-state index is 0.398. The van der Waals surface area contributed by atoms with Crippen molar-refractivity contribution in [3.8, 4) is 0 Å². The summed E-state index contributed by atoms with van der Waals surface area (Å²) < 4.78 is 0. The van der Waals surface area contributed by atoms with Gasteiger partial charge in [-0.1, -0.05) is 40.0 Å². The molecule has 0 aromatic rings. The average molecular weight is 196 g/mol. The molecule has 0 spiro atoms. The maximum atomic E-state index is 5.91. The van der Waals surface area contributed by atoms with E-state index in [0.717, 1.165) is 11.8 Å². The van der Waals surface area contributed by atoms with E-state index in [0.29, 0.717) is 12.0 Å². The first-order chi connectivity index (χ1) is 6.65. The maximum absolute atomic E-state index is 5.91. The number of hydrogen-bond donors (Lipinski definition) is 1. The number of rotatable bonds is 3. The Balaban J connectivity index is 2.60. The van der Waals surface area contributed by atoms with Gasteiger partial charge in [0, 0.05) is 5.92 Å². The standard InChI is InChI=1S/C12H24N2/c1-4-10-7-5-6-8-11(10)14-12(13)9(2)3/h9-11H,4-8H2,1-3H3,(H2,13,14). The Morgan fingerprint density at radius 3 is 2.57 bits per heavy atom. The molecule has 0 amide bonds. The minimum atomic E-state index is 0.398. The summed E-state index contributed by atoms with van der Waals surface area (Å²) in [5.74, 6) is 2.02. The number of amidine groups is 1. The van der Waals surface area contributed by atoms with E-state index < -0.39 is 0 Å². The quantitative estimate of drug-likeness (QED) is 0.547. The van der Waals surface area contributed by atoms with Crippen molar-refractivity contribution < 1.29 is 0 Å². The van der Waals surface area contributed by atoms with Crippen LogP contribution in [0.5, 0.6) is 0 Å². The second-order valence-corrected chi connectivity index (χ2v) is 4.73. The third kappa shape index (κ3) is 3.00. The average Bonchev–Trinajstić information content (AvgIpc) is 2.18. The van der Waals surface area contributed by atoms with E-state index >= 15 is 0 Å². The highest BCUT2D eigenvalue weighted by Gasteiger charge is 2.23. The third-order valence-electron chi connectivity index (χ3n) is 3.30. The van der Waals surface area contributed by atoms with Gasteiger partial charge in [-0.05, 0) is 18.8 Å².